The van der Waals surface area contributed by atoms with Crippen LogP contribution in [0.25, 0.3) is 0 Å². The minimum atomic E-state index is -0.228. The Morgan fingerprint density at radius 2 is 2.15 bits per heavy atom. The van der Waals surface area contributed by atoms with E-state index in [1.165, 1.54) is 0 Å². The number of aryl methyl sites for hydroxylation is 1. The molecule has 3 heterocycles. The van der Waals surface area contributed by atoms with Gasteiger partial charge in [-0.05, 0) is 6.92 Å². The highest BCUT2D eigenvalue weighted by atomic mass is 32.1. The Morgan fingerprint density at radius 1 is 1.35 bits per heavy atom. The molecular formula is C12H18N4O3S. The van der Waals surface area contributed by atoms with E-state index in [0.29, 0.717) is 26.3 Å². The number of hydrogen-bond donors (Lipinski definition) is 0. The first-order valence-electron chi connectivity index (χ1n) is 6.81. The van der Waals surface area contributed by atoms with Gasteiger partial charge in [-0.1, -0.05) is 11.3 Å². The van der Waals surface area contributed by atoms with Crippen LogP contribution in [0.15, 0.2) is 0 Å². The summed E-state index contributed by atoms with van der Waals surface area (Å²) < 4.78 is 10.6. The number of hydrogen-bond acceptors (Lipinski definition) is 7. The smallest absolute Gasteiger partial charge is 0.410 e. The molecular weight excluding hydrogens is 280 g/mol. The average Bonchev–Trinajstić information content (AvgIpc) is 3.10. The van der Waals surface area contributed by atoms with Crippen molar-refractivity contribution in [1.82, 2.24) is 15.1 Å². The van der Waals surface area contributed by atoms with Crippen LogP contribution >= 0.6 is 11.3 Å². The van der Waals surface area contributed by atoms with E-state index in [1.54, 1.807) is 16.2 Å². The van der Waals surface area contributed by atoms with Crippen molar-refractivity contribution in [2.75, 3.05) is 44.3 Å². The second-order valence-corrected chi connectivity index (χ2v) is 6.11. The van der Waals surface area contributed by atoms with E-state index >= 15 is 0 Å². The minimum Gasteiger partial charge on any atom is -0.444 e. The molecule has 7 nitrogen and oxygen atoms in total. The predicted molar refractivity (Wildman–Crippen MR) is 74.1 cm³/mol. The van der Waals surface area contributed by atoms with Gasteiger partial charge < -0.3 is 19.3 Å². The normalized spacial score (nSPS) is 23.1. The zero-order valence-corrected chi connectivity index (χ0v) is 12.3. The van der Waals surface area contributed by atoms with E-state index in [4.69, 9.17) is 9.47 Å². The van der Waals surface area contributed by atoms with Gasteiger partial charge in [-0.3, -0.25) is 0 Å². The molecule has 1 amide bonds. The van der Waals surface area contributed by atoms with Crippen molar-refractivity contribution in [3.8, 4) is 0 Å². The summed E-state index contributed by atoms with van der Waals surface area (Å²) in [4.78, 5) is 15.9. The SMILES string of the molecule is Cc1nnc(N2CCN(C(=O)OC3CCOC3)CC2)s1. The molecule has 1 aromatic rings. The molecule has 0 spiro atoms. The van der Waals surface area contributed by atoms with Gasteiger partial charge >= 0.3 is 6.09 Å². The first kappa shape index (κ1) is 13.6. The highest BCUT2D eigenvalue weighted by Crippen LogP contribution is 2.21. The van der Waals surface area contributed by atoms with E-state index in [1.807, 2.05) is 6.92 Å². The van der Waals surface area contributed by atoms with Crippen molar-refractivity contribution in [3.63, 3.8) is 0 Å². The summed E-state index contributed by atoms with van der Waals surface area (Å²) in [7, 11) is 0. The molecule has 1 atom stereocenters. The Balaban J connectivity index is 1.49. The summed E-state index contributed by atoms with van der Waals surface area (Å²) >= 11 is 1.58. The Morgan fingerprint density at radius 3 is 2.75 bits per heavy atom. The molecule has 0 saturated carbocycles. The number of aromatic nitrogens is 2. The number of carbonyl (C=O) groups excluding carboxylic acids is 1. The van der Waals surface area contributed by atoms with E-state index in [2.05, 4.69) is 15.1 Å². The number of nitrogens with zero attached hydrogens (tertiary/aromatic N) is 4. The predicted octanol–water partition coefficient (Wildman–Crippen LogP) is 0.894. The third-order valence-electron chi connectivity index (χ3n) is 3.48. The van der Waals surface area contributed by atoms with Gasteiger partial charge in [-0.2, -0.15) is 0 Å². The lowest BCUT2D eigenvalue weighted by atomic mass is 10.3. The maximum Gasteiger partial charge on any atom is 0.410 e. The van der Waals surface area contributed by atoms with Crippen molar-refractivity contribution in [2.45, 2.75) is 19.4 Å². The fraction of sp³-hybridized carbons (Fsp3) is 0.750. The van der Waals surface area contributed by atoms with Gasteiger partial charge in [0.25, 0.3) is 0 Å². The Kier molecular flexibility index (Phi) is 4.02. The monoisotopic (exact) mass is 298 g/mol. The molecule has 20 heavy (non-hydrogen) atoms. The second-order valence-electron chi connectivity index (χ2n) is 4.95. The molecule has 110 valence electrons. The van der Waals surface area contributed by atoms with Crippen LogP contribution in [0.2, 0.25) is 0 Å². The van der Waals surface area contributed by atoms with Gasteiger partial charge in [0.15, 0.2) is 0 Å². The lowest BCUT2D eigenvalue weighted by Crippen LogP contribution is -2.49. The molecule has 0 N–H and O–H groups in total. The third-order valence-corrected chi connectivity index (χ3v) is 4.38. The van der Waals surface area contributed by atoms with E-state index in [-0.39, 0.29) is 12.2 Å². The number of piperazine rings is 1. The fourth-order valence-electron chi connectivity index (χ4n) is 2.32. The molecule has 0 bridgehead atoms. The Labute approximate surface area is 121 Å². The number of amides is 1. The first-order valence-corrected chi connectivity index (χ1v) is 7.62. The van der Waals surface area contributed by atoms with E-state index < -0.39 is 0 Å². The lowest BCUT2D eigenvalue weighted by molar-refractivity contribution is 0.0534. The summed E-state index contributed by atoms with van der Waals surface area (Å²) in [5.41, 5.74) is 0. The molecule has 1 unspecified atom stereocenters. The number of ether oxygens (including phenoxy) is 2. The fourth-order valence-corrected chi connectivity index (χ4v) is 3.06. The van der Waals surface area contributed by atoms with E-state index in [0.717, 1.165) is 29.6 Å². The lowest BCUT2D eigenvalue weighted by Gasteiger charge is -2.34. The van der Waals surface area contributed by atoms with E-state index in [9.17, 15) is 4.79 Å². The van der Waals surface area contributed by atoms with Crippen molar-refractivity contribution < 1.29 is 14.3 Å². The molecule has 8 heteroatoms. The molecule has 3 rings (SSSR count). The quantitative estimate of drug-likeness (QED) is 0.808. The molecule has 2 aliphatic rings. The summed E-state index contributed by atoms with van der Waals surface area (Å²) in [6.45, 7) is 6.00. The third kappa shape index (κ3) is 3.01. The average molecular weight is 298 g/mol. The number of carbonyl (C=O) groups is 1. The molecule has 0 aromatic carbocycles. The summed E-state index contributed by atoms with van der Waals surface area (Å²) in [6, 6.07) is 0. The summed E-state index contributed by atoms with van der Waals surface area (Å²) in [6.07, 6.45) is 0.496. The van der Waals surface area contributed by atoms with Gasteiger partial charge in [-0.25, -0.2) is 4.79 Å². The summed E-state index contributed by atoms with van der Waals surface area (Å²) in [5, 5.41) is 10.0. The van der Waals surface area contributed by atoms with Gasteiger partial charge in [0.1, 0.15) is 11.1 Å². The van der Waals surface area contributed by atoms with Gasteiger partial charge in [0, 0.05) is 32.6 Å². The van der Waals surface area contributed by atoms with Crippen LogP contribution in [0, 0.1) is 6.92 Å². The van der Waals surface area contributed by atoms with Crippen LogP contribution in [0.4, 0.5) is 9.93 Å². The van der Waals surface area contributed by atoms with Crippen LogP contribution < -0.4 is 4.90 Å². The van der Waals surface area contributed by atoms with Crippen molar-refractivity contribution in [1.29, 1.82) is 0 Å². The molecule has 0 aliphatic carbocycles. The van der Waals surface area contributed by atoms with Crippen LogP contribution in [0.1, 0.15) is 11.4 Å². The van der Waals surface area contributed by atoms with Gasteiger partial charge in [-0.15, -0.1) is 10.2 Å². The van der Waals surface area contributed by atoms with Crippen molar-refractivity contribution in [2.24, 2.45) is 0 Å². The zero-order valence-electron chi connectivity index (χ0n) is 11.4. The van der Waals surface area contributed by atoms with Crippen LogP contribution in [-0.4, -0.2) is 66.7 Å². The topological polar surface area (TPSA) is 67.8 Å². The summed E-state index contributed by atoms with van der Waals surface area (Å²) in [5.74, 6) is 0. The van der Waals surface area contributed by atoms with Crippen molar-refractivity contribution >= 4 is 22.6 Å². The van der Waals surface area contributed by atoms with Crippen LogP contribution in [-0.2, 0) is 9.47 Å². The number of anilines is 1. The molecule has 1 aromatic heterocycles. The first-order chi connectivity index (χ1) is 9.72. The maximum atomic E-state index is 12.0. The van der Waals surface area contributed by atoms with Gasteiger partial charge in [0.05, 0.1) is 13.2 Å². The highest BCUT2D eigenvalue weighted by molar-refractivity contribution is 7.15. The maximum absolute atomic E-state index is 12.0. The molecule has 2 aliphatic heterocycles. The van der Waals surface area contributed by atoms with Crippen LogP contribution in [0.5, 0.6) is 0 Å². The zero-order chi connectivity index (χ0) is 13.9. The second kappa shape index (κ2) is 5.92. The molecule has 0 radical (unpaired) electrons. The van der Waals surface area contributed by atoms with Crippen LogP contribution in [0.3, 0.4) is 0 Å². The molecule has 2 saturated heterocycles. The largest absolute Gasteiger partial charge is 0.444 e. The van der Waals surface area contributed by atoms with Gasteiger partial charge in [0.2, 0.25) is 5.13 Å². The standard InChI is InChI=1S/C12H18N4O3S/c1-9-13-14-11(20-9)15-3-5-16(6-4-15)12(17)19-10-2-7-18-8-10/h10H,2-8H2,1H3. The highest BCUT2D eigenvalue weighted by Gasteiger charge is 2.27. The Bertz CT molecular complexity index is 467. The molecule has 2 fully saturated rings. The minimum absolute atomic E-state index is 0.0775. The van der Waals surface area contributed by atoms with Crippen molar-refractivity contribution in [3.05, 3.63) is 5.01 Å². The number of rotatable bonds is 2. The Hall–Kier alpha value is -1.41.